The average molecular weight is 202 g/mol. The van der Waals surface area contributed by atoms with E-state index in [1.54, 1.807) is 13.8 Å². The number of amides is 2. The first-order chi connectivity index (χ1) is 6.52. The van der Waals surface area contributed by atoms with Crippen molar-refractivity contribution in [3.63, 3.8) is 0 Å². The van der Waals surface area contributed by atoms with Crippen molar-refractivity contribution in [2.75, 3.05) is 6.54 Å². The van der Waals surface area contributed by atoms with E-state index in [1.807, 2.05) is 0 Å². The van der Waals surface area contributed by atoms with Gasteiger partial charge in [-0.05, 0) is 26.7 Å². The van der Waals surface area contributed by atoms with Gasteiger partial charge < -0.3 is 15.8 Å². The molecule has 0 spiro atoms. The molecule has 0 aromatic heterocycles. The van der Waals surface area contributed by atoms with Gasteiger partial charge in [0, 0.05) is 13.0 Å². The van der Waals surface area contributed by atoms with Crippen LogP contribution >= 0.6 is 0 Å². The summed E-state index contributed by atoms with van der Waals surface area (Å²) < 4.78 is 4.84. The molecule has 3 N–H and O–H groups in total. The Labute approximate surface area is 84.0 Å². The highest BCUT2D eigenvalue weighted by Gasteiger charge is 2.03. The molecule has 0 aliphatic carbocycles. The molecule has 0 saturated carbocycles. The van der Waals surface area contributed by atoms with Gasteiger partial charge in [-0.15, -0.1) is 0 Å². The zero-order valence-corrected chi connectivity index (χ0v) is 8.71. The molecule has 0 fully saturated rings. The fourth-order valence-electron chi connectivity index (χ4n) is 0.870. The molecule has 0 aliphatic rings. The van der Waals surface area contributed by atoms with E-state index in [4.69, 9.17) is 10.5 Å². The number of nitrogens with one attached hydrogen (secondary N) is 1. The van der Waals surface area contributed by atoms with Crippen LogP contribution in [0.25, 0.3) is 0 Å². The van der Waals surface area contributed by atoms with Gasteiger partial charge >= 0.3 is 6.09 Å². The SMILES string of the molecule is CC(C)OC(=O)NCCCCC(N)=O. The number of hydrogen-bond acceptors (Lipinski definition) is 3. The van der Waals surface area contributed by atoms with Crippen LogP contribution in [0.1, 0.15) is 33.1 Å². The molecule has 5 heteroatoms. The fraction of sp³-hybridized carbons (Fsp3) is 0.778. The minimum Gasteiger partial charge on any atom is -0.447 e. The van der Waals surface area contributed by atoms with E-state index >= 15 is 0 Å². The third-order valence-electron chi connectivity index (χ3n) is 1.46. The van der Waals surface area contributed by atoms with E-state index < -0.39 is 6.09 Å². The highest BCUT2D eigenvalue weighted by molar-refractivity contribution is 5.73. The van der Waals surface area contributed by atoms with Crippen LogP contribution in [0.4, 0.5) is 4.79 Å². The van der Waals surface area contributed by atoms with Crippen molar-refractivity contribution in [1.29, 1.82) is 0 Å². The Bertz CT molecular complexity index is 192. The van der Waals surface area contributed by atoms with Crippen LogP contribution in [0.5, 0.6) is 0 Å². The standard InChI is InChI=1S/C9H18N2O3/c1-7(2)14-9(13)11-6-4-3-5-8(10)12/h7H,3-6H2,1-2H3,(H2,10,12)(H,11,13). The van der Waals surface area contributed by atoms with Gasteiger partial charge in [0.05, 0.1) is 6.10 Å². The molecule has 0 radical (unpaired) electrons. The van der Waals surface area contributed by atoms with Gasteiger partial charge in [0.25, 0.3) is 0 Å². The molecule has 0 unspecified atom stereocenters. The molecule has 2 amide bonds. The number of rotatable bonds is 6. The summed E-state index contributed by atoms with van der Waals surface area (Å²) in [6, 6.07) is 0. The molecule has 14 heavy (non-hydrogen) atoms. The van der Waals surface area contributed by atoms with Gasteiger partial charge in [-0.25, -0.2) is 4.79 Å². The van der Waals surface area contributed by atoms with Crippen LogP contribution in [-0.2, 0) is 9.53 Å². The lowest BCUT2D eigenvalue weighted by Gasteiger charge is -2.08. The smallest absolute Gasteiger partial charge is 0.407 e. The molecular weight excluding hydrogens is 184 g/mol. The number of primary amides is 1. The first-order valence-electron chi connectivity index (χ1n) is 4.75. The summed E-state index contributed by atoms with van der Waals surface area (Å²) in [5.74, 6) is -0.310. The predicted molar refractivity (Wildman–Crippen MR) is 52.7 cm³/mol. The van der Waals surface area contributed by atoms with E-state index in [2.05, 4.69) is 5.32 Å². The van der Waals surface area contributed by atoms with E-state index in [1.165, 1.54) is 0 Å². The quantitative estimate of drug-likeness (QED) is 0.624. The normalized spacial score (nSPS) is 9.93. The summed E-state index contributed by atoms with van der Waals surface area (Å²) in [4.78, 5) is 21.3. The summed E-state index contributed by atoms with van der Waals surface area (Å²) in [7, 11) is 0. The summed E-state index contributed by atoms with van der Waals surface area (Å²) >= 11 is 0. The lowest BCUT2D eigenvalue weighted by Crippen LogP contribution is -2.27. The molecule has 0 bridgehead atoms. The number of carbonyl (C=O) groups is 2. The van der Waals surface area contributed by atoms with Crippen molar-refractivity contribution >= 4 is 12.0 Å². The van der Waals surface area contributed by atoms with Gasteiger partial charge in [0.15, 0.2) is 0 Å². The van der Waals surface area contributed by atoms with E-state index in [0.717, 1.165) is 6.42 Å². The highest BCUT2D eigenvalue weighted by Crippen LogP contribution is 1.93. The predicted octanol–water partition coefficient (Wildman–Crippen LogP) is 0.777. The number of unbranched alkanes of at least 4 members (excludes halogenated alkanes) is 1. The largest absolute Gasteiger partial charge is 0.447 e. The molecule has 82 valence electrons. The van der Waals surface area contributed by atoms with Gasteiger partial charge in [-0.3, -0.25) is 4.79 Å². The molecule has 5 nitrogen and oxygen atoms in total. The highest BCUT2D eigenvalue weighted by atomic mass is 16.6. The molecule has 0 saturated heterocycles. The summed E-state index contributed by atoms with van der Waals surface area (Å²) in [5, 5.41) is 2.57. The van der Waals surface area contributed by atoms with Crippen LogP contribution in [-0.4, -0.2) is 24.6 Å². The Balaban J connectivity index is 3.27. The average Bonchev–Trinajstić information content (AvgIpc) is 2.01. The summed E-state index contributed by atoms with van der Waals surface area (Å²) in [5.41, 5.74) is 4.95. The van der Waals surface area contributed by atoms with Crippen molar-refractivity contribution < 1.29 is 14.3 Å². The van der Waals surface area contributed by atoms with E-state index in [-0.39, 0.29) is 12.0 Å². The molecule has 0 aromatic rings. The zero-order chi connectivity index (χ0) is 11.0. The Hall–Kier alpha value is -1.26. The van der Waals surface area contributed by atoms with Crippen molar-refractivity contribution in [3.8, 4) is 0 Å². The monoisotopic (exact) mass is 202 g/mol. The van der Waals surface area contributed by atoms with E-state index in [9.17, 15) is 9.59 Å². The number of alkyl carbamates (subject to hydrolysis) is 1. The molecule has 0 rings (SSSR count). The molecule has 0 heterocycles. The molecule has 0 atom stereocenters. The maximum absolute atomic E-state index is 10.9. The summed E-state index contributed by atoms with van der Waals surface area (Å²) in [6.45, 7) is 4.08. The lowest BCUT2D eigenvalue weighted by atomic mass is 10.2. The number of nitrogens with two attached hydrogens (primary N) is 1. The van der Waals surface area contributed by atoms with Gasteiger partial charge in [0.1, 0.15) is 0 Å². The van der Waals surface area contributed by atoms with Crippen LogP contribution in [0.2, 0.25) is 0 Å². The van der Waals surface area contributed by atoms with Crippen molar-refractivity contribution in [3.05, 3.63) is 0 Å². The first-order valence-corrected chi connectivity index (χ1v) is 4.75. The Morgan fingerprint density at radius 2 is 2.00 bits per heavy atom. The van der Waals surface area contributed by atoms with Crippen LogP contribution in [0.15, 0.2) is 0 Å². The third kappa shape index (κ3) is 8.83. The number of hydrogen-bond donors (Lipinski definition) is 2. The second-order valence-electron chi connectivity index (χ2n) is 3.30. The van der Waals surface area contributed by atoms with Crippen molar-refractivity contribution in [2.45, 2.75) is 39.2 Å². The summed E-state index contributed by atoms with van der Waals surface area (Å²) in [6.07, 6.45) is 1.26. The Morgan fingerprint density at radius 3 is 2.50 bits per heavy atom. The Kier molecular flexibility index (Phi) is 6.53. The van der Waals surface area contributed by atoms with Gasteiger partial charge in [-0.1, -0.05) is 0 Å². The molecular formula is C9H18N2O3. The third-order valence-corrected chi connectivity index (χ3v) is 1.46. The van der Waals surface area contributed by atoms with Gasteiger partial charge in [0.2, 0.25) is 5.91 Å². The zero-order valence-electron chi connectivity index (χ0n) is 8.71. The van der Waals surface area contributed by atoms with Crippen molar-refractivity contribution in [1.82, 2.24) is 5.32 Å². The maximum atomic E-state index is 10.9. The van der Waals surface area contributed by atoms with E-state index in [0.29, 0.717) is 19.4 Å². The molecule has 0 aromatic carbocycles. The Morgan fingerprint density at radius 1 is 1.36 bits per heavy atom. The molecule has 0 aliphatic heterocycles. The topological polar surface area (TPSA) is 81.4 Å². The van der Waals surface area contributed by atoms with Crippen molar-refractivity contribution in [2.24, 2.45) is 5.73 Å². The second-order valence-corrected chi connectivity index (χ2v) is 3.30. The lowest BCUT2D eigenvalue weighted by molar-refractivity contribution is -0.118. The second kappa shape index (κ2) is 7.17. The number of ether oxygens (including phenoxy) is 1. The van der Waals surface area contributed by atoms with Crippen LogP contribution < -0.4 is 11.1 Å². The maximum Gasteiger partial charge on any atom is 0.407 e. The minimum atomic E-state index is -0.418. The fourth-order valence-corrected chi connectivity index (χ4v) is 0.870. The van der Waals surface area contributed by atoms with Crippen LogP contribution in [0, 0.1) is 0 Å². The number of carbonyl (C=O) groups excluding carboxylic acids is 2. The van der Waals surface area contributed by atoms with Gasteiger partial charge in [-0.2, -0.15) is 0 Å². The first kappa shape index (κ1) is 12.7. The van der Waals surface area contributed by atoms with Crippen LogP contribution in [0.3, 0.4) is 0 Å². The minimum absolute atomic E-state index is 0.111.